The van der Waals surface area contributed by atoms with Crippen LogP contribution in [0.2, 0.25) is 0 Å². The van der Waals surface area contributed by atoms with E-state index in [9.17, 15) is 15.2 Å². The molecule has 0 spiro atoms. The highest BCUT2D eigenvalue weighted by Crippen LogP contribution is 2.27. The quantitative estimate of drug-likeness (QED) is 0.594. The molecule has 2 rings (SSSR count). The fourth-order valence-electron chi connectivity index (χ4n) is 2.09. The Hall–Kier alpha value is -1.66. The third kappa shape index (κ3) is 2.37. The summed E-state index contributed by atoms with van der Waals surface area (Å²) in [5.74, 6) is 0. The number of hydrogen-bond acceptors (Lipinski definition) is 5. The standard InChI is InChI=1S/C11H15N3O3/c12-6-8-5-9(1-2-11(8)14(16)17)13-4-3-10(15)7-13/h1-2,5,10,15H,3-4,6-7,12H2. The van der Waals surface area contributed by atoms with Crippen LogP contribution in [0.15, 0.2) is 18.2 Å². The molecule has 0 bridgehead atoms. The van der Waals surface area contributed by atoms with Crippen LogP contribution < -0.4 is 10.6 Å². The molecule has 92 valence electrons. The summed E-state index contributed by atoms with van der Waals surface area (Å²) in [6.45, 7) is 1.48. The van der Waals surface area contributed by atoms with Crippen molar-refractivity contribution in [3.05, 3.63) is 33.9 Å². The summed E-state index contributed by atoms with van der Waals surface area (Å²) in [5.41, 5.74) is 6.97. The molecular formula is C11H15N3O3. The summed E-state index contributed by atoms with van der Waals surface area (Å²) in [4.78, 5) is 12.3. The number of β-amino-alcohol motifs (C(OH)–C–C–N with tert-alkyl or cyclic N) is 1. The van der Waals surface area contributed by atoms with Crippen molar-refractivity contribution in [2.45, 2.75) is 19.1 Å². The monoisotopic (exact) mass is 237 g/mol. The Labute approximate surface area is 98.8 Å². The number of nitro groups is 1. The van der Waals surface area contributed by atoms with Gasteiger partial charge in [0.1, 0.15) is 0 Å². The van der Waals surface area contributed by atoms with Gasteiger partial charge in [-0.25, -0.2) is 0 Å². The minimum atomic E-state index is -0.426. The predicted octanol–water partition coefficient (Wildman–Crippen LogP) is 0.624. The largest absolute Gasteiger partial charge is 0.391 e. The van der Waals surface area contributed by atoms with Crippen LogP contribution in [0.4, 0.5) is 11.4 Å². The molecule has 0 saturated carbocycles. The van der Waals surface area contributed by atoms with Gasteiger partial charge in [-0.1, -0.05) is 0 Å². The summed E-state index contributed by atoms with van der Waals surface area (Å²) in [5, 5.41) is 20.2. The van der Waals surface area contributed by atoms with Crippen molar-refractivity contribution in [1.82, 2.24) is 0 Å². The highest BCUT2D eigenvalue weighted by molar-refractivity contribution is 5.56. The number of nitrogens with zero attached hydrogens (tertiary/aromatic N) is 2. The fraction of sp³-hybridized carbons (Fsp3) is 0.455. The molecule has 1 fully saturated rings. The van der Waals surface area contributed by atoms with Crippen LogP contribution in [0.1, 0.15) is 12.0 Å². The lowest BCUT2D eigenvalue weighted by Crippen LogP contribution is -2.21. The van der Waals surface area contributed by atoms with Gasteiger partial charge in [-0.05, 0) is 18.6 Å². The van der Waals surface area contributed by atoms with Crippen molar-refractivity contribution < 1.29 is 10.0 Å². The van der Waals surface area contributed by atoms with E-state index in [-0.39, 0.29) is 18.3 Å². The van der Waals surface area contributed by atoms with Crippen molar-refractivity contribution in [2.75, 3.05) is 18.0 Å². The molecule has 1 heterocycles. The van der Waals surface area contributed by atoms with Crippen LogP contribution in [0, 0.1) is 10.1 Å². The molecule has 0 amide bonds. The van der Waals surface area contributed by atoms with Crippen LogP contribution in [0.3, 0.4) is 0 Å². The summed E-state index contributed by atoms with van der Waals surface area (Å²) in [6.07, 6.45) is 0.418. The zero-order chi connectivity index (χ0) is 12.4. The van der Waals surface area contributed by atoms with Crippen LogP contribution >= 0.6 is 0 Å². The number of aliphatic hydroxyl groups excluding tert-OH is 1. The second kappa shape index (κ2) is 4.68. The Balaban J connectivity index is 2.28. The molecule has 0 radical (unpaired) electrons. The lowest BCUT2D eigenvalue weighted by molar-refractivity contribution is -0.385. The van der Waals surface area contributed by atoms with Gasteiger partial charge in [0.25, 0.3) is 5.69 Å². The molecule has 6 nitrogen and oxygen atoms in total. The summed E-state index contributed by atoms with van der Waals surface area (Å²) < 4.78 is 0. The maximum absolute atomic E-state index is 10.8. The minimum Gasteiger partial charge on any atom is -0.391 e. The van der Waals surface area contributed by atoms with Crippen molar-refractivity contribution >= 4 is 11.4 Å². The number of rotatable bonds is 3. The van der Waals surface area contributed by atoms with Gasteiger partial charge in [0.2, 0.25) is 0 Å². The Morgan fingerprint density at radius 3 is 2.88 bits per heavy atom. The van der Waals surface area contributed by atoms with E-state index < -0.39 is 4.92 Å². The van der Waals surface area contributed by atoms with Crippen LogP contribution in [0.25, 0.3) is 0 Å². The van der Waals surface area contributed by atoms with Gasteiger partial charge in [0.05, 0.1) is 11.0 Å². The molecule has 1 aromatic rings. The van der Waals surface area contributed by atoms with Crippen LogP contribution in [0.5, 0.6) is 0 Å². The SMILES string of the molecule is NCc1cc(N2CCC(O)C2)ccc1[N+](=O)[O-]. The minimum absolute atomic E-state index is 0.0518. The Kier molecular flexibility index (Phi) is 3.26. The number of nitrogens with two attached hydrogens (primary N) is 1. The molecule has 1 unspecified atom stereocenters. The summed E-state index contributed by atoms with van der Waals surface area (Å²) in [7, 11) is 0. The smallest absolute Gasteiger partial charge is 0.274 e. The van der Waals surface area contributed by atoms with Crippen molar-refractivity contribution in [3.8, 4) is 0 Å². The van der Waals surface area contributed by atoms with Gasteiger partial charge in [-0.2, -0.15) is 0 Å². The van der Waals surface area contributed by atoms with Crippen molar-refractivity contribution in [3.63, 3.8) is 0 Å². The zero-order valence-corrected chi connectivity index (χ0v) is 9.37. The highest BCUT2D eigenvalue weighted by Gasteiger charge is 2.22. The van der Waals surface area contributed by atoms with E-state index in [1.54, 1.807) is 12.1 Å². The van der Waals surface area contributed by atoms with Crippen molar-refractivity contribution in [1.29, 1.82) is 0 Å². The van der Waals surface area contributed by atoms with E-state index in [4.69, 9.17) is 5.73 Å². The fourth-order valence-corrected chi connectivity index (χ4v) is 2.09. The Morgan fingerprint density at radius 1 is 1.59 bits per heavy atom. The molecule has 1 aromatic carbocycles. The molecule has 17 heavy (non-hydrogen) atoms. The van der Waals surface area contributed by atoms with E-state index in [2.05, 4.69) is 0 Å². The van der Waals surface area contributed by atoms with Gasteiger partial charge in [-0.3, -0.25) is 10.1 Å². The molecule has 3 N–H and O–H groups in total. The van der Waals surface area contributed by atoms with Gasteiger partial charge in [0.15, 0.2) is 0 Å². The molecule has 6 heteroatoms. The first-order valence-electron chi connectivity index (χ1n) is 5.52. The lowest BCUT2D eigenvalue weighted by atomic mass is 10.1. The van der Waals surface area contributed by atoms with E-state index in [1.165, 1.54) is 6.07 Å². The average Bonchev–Trinajstić information content (AvgIpc) is 2.75. The topological polar surface area (TPSA) is 92.6 Å². The van der Waals surface area contributed by atoms with Crippen molar-refractivity contribution in [2.24, 2.45) is 5.73 Å². The summed E-state index contributed by atoms with van der Waals surface area (Å²) in [6, 6.07) is 4.91. The van der Waals surface area contributed by atoms with E-state index in [1.807, 2.05) is 4.90 Å². The number of aliphatic hydroxyl groups is 1. The second-order valence-electron chi connectivity index (χ2n) is 4.16. The van der Waals surface area contributed by atoms with Gasteiger partial charge in [0, 0.05) is 37.0 Å². The maximum atomic E-state index is 10.8. The van der Waals surface area contributed by atoms with Gasteiger partial charge in [-0.15, -0.1) is 0 Å². The Bertz CT molecular complexity index is 436. The molecule has 1 aliphatic heterocycles. The predicted molar refractivity (Wildman–Crippen MR) is 63.8 cm³/mol. The number of nitro benzene ring substituents is 1. The molecule has 1 saturated heterocycles. The number of anilines is 1. The van der Waals surface area contributed by atoms with E-state index in [0.29, 0.717) is 12.1 Å². The van der Waals surface area contributed by atoms with Gasteiger partial charge >= 0.3 is 0 Å². The van der Waals surface area contributed by atoms with E-state index >= 15 is 0 Å². The first-order valence-corrected chi connectivity index (χ1v) is 5.52. The normalized spacial score (nSPS) is 19.6. The number of benzene rings is 1. The number of hydrogen-bond donors (Lipinski definition) is 2. The maximum Gasteiger partial charge on any atom is 0.274 e. The molecule has 0 aromatic heterocycles. The zero-order valence-electron chi connectivity index (χ0n) is 9.37. The van der Waals surface area contributed by atoms with E-state index in [0.717, 1.165) is 18.7 Å². The lowest BCUT2D eigenvalue weighted by Gasteiger charge is -2.18. The Morgan fingerprint density at radius 2 is 2.35 bits per heavy atom. The summed E-state index contributed by atoms with van der Waals surface area (Å²) >= 11 is 0. The molecule has 0 aliphatic carbocycles. The average molecular weight is 237 g/mol. The van der Waals surface area contributed by atoms with Gasteiger partial charge < -0.3 is 15.7 Å². The third-order valence-corrected chi connectivity index (χ3v) is 3.01. The molecule has 1 aliphatic rings. The molecule has 1 atom stereocenters. The second-order valence-corrected chi connectivity index (χ2v) is 4.16. The first kappa shape index (κ1) is 11.8. The van der Waals surface area contributed by atoms with Crippen LogP contribution in [-0.4, -0.2) is 29.2 Å². The third-order valence-electron chi connectivity index (χ3n) is 3.01. The molecular weight excluding hydrogens is 222 g/mol. The first-order chi connectivity index (χ1) is 8.11. The van der Waals surface area contributed by atoms with Crippen LogP contribution in [-0.2, 0) is 6.54 Å². The highest BCUT2D eigenvalue weighted by atomic mass is 16.6.